The third-order valence-corrected chi connectivity index (χ3v) is 4.10. The molecular weight excluding hydrogens is 311 g/mol. The van der Waals surface area contributed by atoms with E-state index in [1.54, 1.807) is 25.4 Å². The Labute approximate surface area is 140 Å². The third-order valence-electron chi connectivity index (χ3n) is 4.10. The summed E-state index contributed by atoms with van der Waals surface area (Å²) in [6.07, 6.45) is 1.70. The first-order valence-corrected chi connectivity index (χ1v) is 7.86. The van der Waals surface area contributed by atoms with Crippen molar-refractivity contribution in [3.8, 4) is 11.6 Å². The molecule has 1 aromatic heterocycles. The van der Waals surface area contributed by atoms with Crippen LogP contribution >= 0.6 is 0 Å². The van der Waals surface area contributed by atoms with Gasteiger partial charge in [0.25, 0.3) is 0 Å². The molecule has 1 saturated heterocycles. The van der Waals surface area contributed by atoms with E-state index in [2.05, 4.69) is 19.8 Å². The van der Waals surface area contributed by atoms with Crippen LogP contribution in [-0.4, -0.2) is 55.3 Å². The highest BCUT2D eigenvalue weighted by Gasteiger charge is 2.19. The Morgan fingerprint density at radius 1 is 1.08 bits per heavy atom. The van der Waals surface area contributed by atoms with Gasteiger partial charge in [0.15, 0.2) is 11.6 Å². The SMILES string of the molecule is COc1ccnc(N2CCN(Cc3ccc(OC)c(F)c3)CC2)n1. The lowest BCUT2D eigenvalue weighted by Crippen LogP contribution is -2.46. The van der Waals surface area contributed by atoms with E-state index in [0.29, 0.717) is 18.4 Å². The minimum Gasteiger partial charge on any atom is -0.494 e. The summed E-state index contributed by atoms with van der Waals surface area (Å²) in [5.74, 6) is 1.21. The van der Waals surface area contributed by atoms with Gasteiger partial charge in [-0.2, -0.15) is 4.98 Å². The van der Waals surface area contributed by atoms with Crippen LogP contribution in [0.2, 0.25) is 0 Å². The van der Waals surface area contributed by atoms with E-state index < -0.39 is 0 Å². The number of hydrogen-bond acceptors (Lipinski definition) is 6. The second-order valence-corrected chi connectivity index (χ2v) is 5.63. The van der Waals surface area contributed by atoms with Gasteiger partial charge in [0.1, 0.15) is 0 Å². The number of rotatable bonds is 5. The average molecular weight is 332 g/mol. The second-order valence-electron chi connectivity index (χ2n) is 5.63. The second kappa shape index (κ2) is 7.44. The van der Waals surface area contributed by atoms with Gasteiger partial charge in [0.05, 0.1) is 14.2 Å². The molecule has 24 heavy (non-hydrogen) atoms. The normalized spacial score (nSPS) is 15.4. The molecule has 7 heteroatoms. The molecule has 1 fully saturated rings. The molecule has 6 nitrogen and oxygen atoms in total. The van der Waals surface area contributed by atoms with Crippen LogP contribution in [0.3, 0.4) is 0 Å². The van der Waals surface area contributed by atoms with Crippen LogP contribution in [0.1, 0.15) is 5.56 Å². The quantitative estimate of drug-likeness (QED) is 0.834. The van der Waals surface area contributed by atoms with Crippen LogP contribution in [0, 0.1) is 5.82 Å². The zero-order valence-corrected chi connectivity index (χ0v) is 13.9. The molecule has 1 aliphatic heterocycles. The lowest BCUT2D eigenvalue weighted by molar-refractivity contribution is 0.248. The number of benzene rings is 1. The maximum Gasteiger partial charge on any atom is 0.228 e. The van der Waals surface area contributed by atoms with Crippen molar-refractivity contribution < 1.29 is 13.9 Å². The molecule has 0 atom stereocenters. The topological polar surface area (TPSA) is 50.7 Å². The monoisotopic (exact) mass is 332 g/mol. The lowest BCUT2D eigenvalue weighted by atomic mass is 10.2. The first-order chi connectivity index (χ1) is 11.7. The number of anilines is 1. The Morgan fingerprint density at radius 3 is 2.54 bits per heavy atom. The van der Waals surface area contributed by atoms with E-state index in [1.807, 2.05) is 6.07 Å². The van der Waals surface area contributed by atoms with Crippen LogP contribution in [0.5, 0.6) is 11.6 Å². The van der Waals surface area contributed by atoms with Gasteiger partial charge in [-0.1, -0.05) is 6.07 Å². The number of hydrogen-bond donors (Lipinski definition) is 0. The van der Waals surface area contributed by atoms with Gasteiger partial charge in [0.2, 0.25) is 11.8 Å². The Morgan fingerprint density at radius 2 is 1.88 bits per heavy atom. The minimum atomic E-state index is -0.321. The summed E-state index contributed by atoms with van der Waals surface area (Å²) in [7, 11) is 3.07. The van der Waals surface area contributed by atoms with E-state index >= 15 is 0 Å². The molecule has 0 unspecified atom stereocenters. The lowest BCUT2D eigenvalue weighted by Gasteiger charge is -2.34. The van der Waals surface area contributed by atoms with E-state index in [0.717, 1.165) is 31.7 Å². The van der Waals surface area contributed by atoms with Crippen molar-refractivity contribution >= 4 is 5.95 Å². The van der Waals surface area contributed by atoms with E-state index in [-0.39, 0.29) is 11.6 Å². The maximum atomic E-state index is 13.8. The summed E-state index contributed by atoms with van der Waals surface area (Å²) in [4.78, 5) is 13.1. The predicted molar refractivity (Wildman–Crippen MR) is 89.0 cm³/mol. The molecular formula is C17H21FN4O2. The molecule has 0 N–H and O–H groups in total. The van der Waals surface area contributed by atoms with Crippen molar-refractivity contribution in [1.29, 1.82) is 0 Å². The number of methoxy groups -OCH3 is 2. The maximum absolute atomic E-state index is 13.8. The molecule has 0 radical (unpaired) electrons. The third kappa shape index (κ3) is 3.73. The number of nitrogens with zero attached hydrogens (tertiary/aromatic N) is 4. The number of halogens is 1. The van der Waals surface area contributed by atoms with Crippen molar-refractivity contribution in [2.75, 3.05) is 45.3 Å². The Kier molecular flexibility index (Phi) is 5.10. The highest BCUT2D eigenvalue weighted by atomic mass is 19.1. The summed E-state index contributed by atoms with van der Waals surface area (Å²) in [6.45, 7) is 4.10. The van der Waals surface area contributed by atoms with Gasteiger partial charge in [-0.3, -0.25) is 4.90 Å². The largest absolute Gasteiger partial charge is 0.494 e. The van der Waals surface area contributed by atoms with Crippen LogP contribution in [0.4, 0.5) is 10.3 Å². The van der Waals surface area contributed by atoms with E-state index in [9.17, 15) is 4.39 Å². The molecule has 0 bridgehead atoms. The fourth-order valence-electron chi connectivity index (χ4n) is 2.77. The van der Waals surface area contributed by atoms with Crippen molar-refractivity contribution in [1.82, 2.24) is 14.9 Å². The van der Waals surface area contributed by atoms with Crippen LogP contribution < -0.4 is 14.4 Å². The summed E-state index contributed by atoms with van der Waals surface area (Å²) >= 11 is 0. The average Bonchev–Trinajstić information content (AvgIpc) is 2.62. The zero-order valence-electron chi connectivity index (χ0n) is 13.9. The molecule has 3 rings (SSSR count). The molecule has 128 valence electrons. The van der Waals surface area contributed by atoms with Crippen molar-refractivity contribution in [3.05, 3.63) is 41.8 Å². The van der Waals surface area contributed by atoms with Gasteiger partial charge >= 0.3 is 0 Å². The van der Waals surface area contributed by atoms with Crippen molar-refractivity contribution in [2.45, 2.75) is 6.54 Å². The zero-order chi connectivity index (χ0) is 16.9. The summed E-state index contributed by atoms with van der Waals surface area (Å²) in [5, 5.41) is 0. The summed E-state index contributed by atoms with van der Waals surface area (Å²) < 4.78 is 23.9. The van der Waals surface area contributed by atoms with E-state index in [4.69, 9.17) is 9.47 Å². The van der Waals surface area contributed by atoms with Gasteiger partial charge in [-0.15, -0.1) is 0 Å². The molecule has 0 aliphatic carbocycles. The van der Waals surface area contributed by atoms with Crippen LogP contribution in [0.15, 0.2) is 30.5 Å². The van der Waals surface area contributed by atoms with Crippen molar-refractivity contribution in [3.63, 3.8) is 0 Å². The predicted octanol–water partition coefficient (Wildman–Crippen LogP) is 1.96. The van der Waals surface area contributed by atoms with Gasteiger partial charge in [-0.05, 0) is 17.7 Å². The molecule has 0 amide bonds. The first kappa shape index (κ1) is 16.4. The highest BCUT2D eigenvalue weighted by molar-refractivity contribution is 5.33. The summed E-state index contributed by atoms with van der Waals surface area (Å²) in [5.41, 5.74) is 0.944. The Bertz CT molecular complexity index is 690. The fourth-order valence-corrected chi connectivity index (χ4v) is 2.77. The van der Waals surface area contributed by atoms with Crippen LogP contribution in [0.25, 0.3) is 0 Å². The minimum absolute atomic E-state index is 0.277. The first-order valence-electron chi connectivity index (χ1n) is 7.86. The number of aromatic nitrogens is 2. The molecule has 1 aromatic carbocycles. The number of ether oxygens (including phenoxy) is 2. The van der Waals surface area contributed by atoms with Gasteiger partial charge in [0, 0.05) is 45.0 Å². The molecule has 2 aromatic rings. The molecule has 1 aliphatic rings. The summed E-state index contributed by atoms with van der Waals surface area (Å²) in [6, 6.07) is 6.85. The highest BCUT2D eigenvalue weighted by Crippen LogP contribution is 2.20. The van der Waals surface area contributed by atoms with Crippen molar-refractivity contribution in [2.24, 2.45) is 0 Å². The smallest absolute Gasteiger partial charge is 0.228 e. The fraction of sp³-hybridized carbons (Fsp3) is 0.412. The van der Waals surface area contributed by atoms with Gasteiger partial charge < -0.3 is 14.4 Å². The van der Waals surface area contributed by atoms with Crippen LogP contribution in [-0.2, 0) is 6.54 Å². The molecule has 0 spiro atoms. The standard InChI is InChI=1S/C17H21FN4O2/c1-23-15-4-3-13(11-14(15)18)12-21-7-9-22(10-8-21)17-19-6-5-16(20-17)24-2/h3-6,11H,7-10,12H2,1-2H3. The number of piperazine rings is 1. The Hall–Kier alpha value is -2.41. The molecule has 0 saturated carbocycles. The van der Waals surface area contributed by atoms with Gasteiger partial charge in [-0.25, -0.2) is 9.37 Å². The Balaban J connectivity index is 1.58. The van der Waals surface area contributed by atoms with E-state index in [1.165, 1.54) is 13.2 Å². The molecule has 2 heterocycles.